The number of hydrogen-bond acceptors (Lipinski definition) is 4. The lowest BCUT2D eigenvalue weighted by Gasteiger charge is -2.13. The van der Waals surface area contributed by atoms with Gasteiger partial charge in [-0.2, -0.15) is 5.26 Å². The van der Waals surface area contributed by atoms with Crippen LogP contribution in [0.2, 0.25) is 0 Å². The smallest absolute Gasteiger partial charge is 0.147 e. The van der Waals surface area contributed by atoms with Crippen LogP contribution in [-0.4, -0.2) is 23.1 Å². The molecule has 0 saturated carbocycles. The molecule has 0 aliphatic carbocycles. The van der Waals surface area contributed by atoms with E-state index in [9.17, 15) is 5.11 Å². The summed E-state index contributed by atoms with van der Waals surface area (Å²) < 4.78 is 6.97. The van der Waals surface area contributed by atoms with Gasteiger partial charge in [-0.15, -0.1) is 0 Å². The molecule has 92 valence electrons. The standard InChI is InChI=1S/C10H8Br3NO2S/c11-3-6(15)4-16-10-8(12)1-7(17-5-14)2-9(10)13/h1-2,6,15H,3-4H2. The highest BCUT2D eigenvalue weighted by atomic mass is 79.9. The van der Waals surface area contributed by atoms with Crippen molar-refractivity contribution in [3.8, 4) is 11.2 Å². The molecule has 0 radical (unpaired) electrons. The van der Waals surface area contributed by atoms with E-state index in [1.165, 1.54) is 0 Å². The van der Waals surface area contributed by atoms with Gasteiger partial charge in [0.15, 0.2) is 0 Å². The van der Waals surface area contributed by atoms with Crippen LogP contribution in [0.3, 0.4) is 0 Å². The zero-order valence-corrected chi connectivity index (χ0v) is 14.1. The predicted octanol–water partition coefficient (Wildman–Crippen LogP) is 3.92. The Morgan fingerprint density at radius 2 is 2.00 bits per heavy atom. The molecule has 0 aromatic heterocycles. The highest BCUT2D eigenvalue weighted by molar-refractivity contribution is 9.11. The molecule has 0 aliphatic rings. The average molecular weight is 446 g/mol. The first kappa shape index (κ1) is 15.3. The second-order valence-corrected chi connectivity index (χ2v) is 6.24. The number of aliphatic hydroxyl groups is 1. The van der Waals surface area contributed by atoms with Crippen molar-refractivity contribution in [1.82, 2.24) is 0 Å². The third-order valence-corrected chi connectivity index (χ3v) is 4.22. The molecular formula is C10H8Br3NO2S. The molecule has 0 heterocycles. The van der Waals surface area contributed by atoms with Crippen LogP contribution in [0.5, 0.6) is 5.75 Å². The number of nitrogens with zero attached hydrogens (tertiary/aromatic N) is 1. The van der Waals surface area contributed by atoms with Crippen molar-refractivity contribution in [2.45, 2.75) is 11.0 Å². The Balaban J connectivity index is 2.83. The van der Waals surface area contributed by atoms with E-state index in [1.54, 1.807) is 12.1 Å². The van der Waals surface area contributed by atoms with E-state index >= 15 is 0 Å². The van der Waals surface area contributed by atoms with Crippen LogP contribution in [0.25, 0.3) is 0 Å². The molecule has 0 saturated heterocycles. The van der Waals surface area contributed by atoms with Crippen LogP contribution in [0.15, 0.2) is 26.0 Å². The van der Waals surface area contributed by atoms with Crippen LogP contribution in [0.1, 0.15) is 0 Å². The number of thioether (sulfide) groups is 1. The van der Waals surface area contributed by atoms with Crippen LogP contribution >= 0.6 is 59.6 Å². The summed E-state index contributed by atoms with van der Waals surface area (Å²) in [5.74, 6) is 0.618. The van der Waals surface area contributed by atoms with Gasteiger partial charge in [-0.05, 0) is 55.8 Å². The molecule has 1 rings (SSSR count). The predicted molar refractivity (Wildman–Crippen MR) is 78.6 cm³/mol. The fourth-order valence-corrected chi connectivity index (χ4v) is 3.37. The fraction of sp³-hybridized carbons (Fsp3) is 0.300. The van der Waals surface area contributed by atoms with E-state index in [2.05, 4.69) is 47.8 Å². The number of nitriles is 1. The second-order valence-electron chi connectivity index (χ2n) is 3.03. The summed E-state index contributed by atoms with van der Waals surface area (Å²) in [5.41, 5.74) is 0. The molecule has 0 aliphatic heterocycles. The van der Waals surface area contributed by atoms with Gasteiger partial charge in [0.25, 0.3) is 0 Å². The van der Waals surface area contributed by atoms with Crippen molar-refractivity contribution in [2.24, 2.45) is 0 Å². The molecule has 7 heteroatoms. The minimum Gasteiger partial charge on any atom is -0.488 e. The summed E-state index contributed by atoms with van der Waals surface area (Å²) in [7, 11) is 0. The molecule has 17 heavy (non-hydrogen) atoms. The Morgan fingerprint density at radius 3 is 2.47 bits per heavy atom. The van der Waals surface area contributed by atoms with Crippen molar-refractivity contribution in [3.63, 3.8) is 0 Å². The Kier molecular flexibility index (Phi) is 6.89. The van der Waals surface area contributed by atoms with Crippen molar-refractivity contribution in [2.75, 3.05) is 11.9 Å². The maximum absolute atomic E-state index is 9.39. The first-order valence-corrected chi connectivity index (χ1v) is 8.02. The summed E-state index contributed by atoms with van der Waals surface area (Å²) in [4.78, 5) is 0.819. The van der Waals surface area contributed by atoms with E-state index in [0.29, 0.717) is 11.1 Å². The minimum absolute atomic E-state index is 0.202. The maximum atomic E-state index is 9.39. The molecule has 1 aromatic carbocycles. The number of aliphatic hydroxyl groups excluding tert-OH is 1. The molecule has 1 N–H and O–H groups in total. The van der Waals surface area contributed by atoms with Gasteiger partial charge in [0.05, 0.1) is 15.0 Å². The van der Waals surface area contributed by atoms with Crippen LogP contribution in [-0.2, 0) is 0 Å². The third-order valence-electron chi connectivity index (χ3n) is 1.73. The number of benzene rings is 1. The Labute approximate surface area is 129 Å². The fourth-order valence-electron chi connectivity index (χ4n) is 1.01. The molecule has 0 fully saturated rings. The molecule has 1 unspecified atom stereocenters. The van der Waals surface area contributed by atoms with Gasteiger partial charge >= 0.3 is 0 Å². The Hall–Kier alpha value is 0.260. The van der Waals surface area contributed by atoms with Crippen molar-refractivity contribution >= 4 is 59.6 Å². The lowest BCUT2D eigenvalue weighted by molar-refractivity contribution is 0.126. The number of alkyl halides is 1. The second kappa shape index (κ2) is 7.64. The maximum Gasteiger partial charge on any atom is 0.147 e. The molecule has 0 bridgehead atoms. The third kappa shape index (κ3) is 4.79. The number of rotatable bonds is 5. The van der Waals surface area contributed by atoms with Crippen molar-refractivity contribution in [1.29, 1.82) is 5.26 Å². The summed E-state index contributed by atoms with van der Waals surface area (Å²) in [5, 5.41) is 20.4. The van der Waals surface area contributed by atoms with E-state index in [4.69, 9.17) is 10.00 Å². The largest absolute Gasteiger partial charge is 0.488 e. The number of hydrogen-bond donors (Lipinski definition) is 1. The van der Waals surface area contributed by atoms with E-state index < -0.39 is 6.10 Å². The Morgan fingerprint density at radius 1 is 1.41 bits per heavy atom. The number of ether oxygens (including phenoxy) is 1. The summed E-state index contributed by atoms with van der Waals surface area (Å²) in [6, 6.07) is 3.60. The van der Waals surface area contributed by atoms with Gasteiger partial charge in [-0.25, -0.2) is 0 Å². The lowest BCUT2D eigenvalue weighted by atomic mass is 10.3. The summed E-state index contributed by atoms with van der Waals surface area (Å²) >= 11 is 11.0. The van der Waals surface area contributed by atoms with Crippen LogP contribution in [0, 0.1) is 10.7 Å². The van der Waals surface area contributed by atoms with Crippen molar-refractivity contribution < 1.29 is 9.84 Å². The van der Waals surface area contributed by atoms with Gasteiger partial charge in [0.1, 0.15) is 17.8 Å². The first-order valence-electron chi connectivity index (χ1n) is 4.50. The quantitative estimate of drug-likeness (QED) is 0.424. The zero-order chi connectivity index (χ0) is 12.8. The minimum atomic E-state index is -0.554. The SMILES string of the molecule is N#CSc1cc(Br)c(OCC(O)CBr)c(Br)c1. The molecule has 3 nitrogen and oxygen atoms in total. The molecule has 1 aromatic rings. The van der Waals surface area contributed by atoms with Gasteiger partial charge in [-0.3, -0.25) is 0 Å². The molecule has 1 atom stereocenters. The zero-order valence-electron chi connectivity index (χ0n) is 8.49. The van der Waals surface area contributed by atoms with Gasteiger partial charge < -0.3 is 9.84 Å². The highest BCUT2D eigenvalue weighted by Crippen LogP contribution is 2.37. The van der Waals surface area contributed by atoms with Gasteiger partial charge in [0.2, 0.25) is 0 Å². The number of thiocyanates is 1. The van der Waals surface area contributed by atoms with Crippen LogP contribution < -0.4 is 4.74 Å². The first-order chi connectivity index (χ1) is 8.08. The summed E-state index contributed by atoms with van der Waals surface area (Å²) in [6.45, 7) is 0.202. The van der Waals surface area contributed by atoms with E-state index in [1.807, 2.05) is 5.40 Å². The van der Waals surface area contributed by atoms with E-state index in [0.717, 1.165) is 25.6 Å². The number of halogens is 3. The van der Waals surface area contributed by atoms with Gasteiger partial charge in [0, 0.05) is 10.2 Å². The Bertz CT molecular complexity index is 413. The van der Waals surface area contributed by atoms with Gasteiger partial charge in [-0.1, -0.05) is 15.9 Å². The monoisotopic (exact) mass is 443 g/mol. The average Bonchev–Trinajstić information content (AvgIpc) is 2.28. The highest BCUT2D eigenvalue weighted by Gasteiger charge is 2.11. The van der Waals surface area contributed by atoms with Crippen molar-refractivity contribution in [3.05, 3.63) is 21.1 Å². The summed E-state index contributed by atoms with van der Waals surface area (Å²) in [6.07, 6.45) is -0.554. The van der Waals surface area contributed by atoms with Crippen LogP contribution in [0.4, 0.5) is 0 Å². The van der Waals surface area contributed by atoms with E-state index in [-0.39, 0.29) is 6.61 Å². The topological polar surface area (TPSA) is 53.2 Å². The normalized spacial score (nSPS) is 11.9. The lowest BCUT2D eigenvalue weighted by Crippen LogP contribution is -2.18. The molecule has 0 amide bonds. The molecular weight excluding hydrogens is 438 g/mol. The molecule has 0 spiro atoms.